The van der Waals surface area contributed by atoms with Crippen LogP contribution in [0, 0.1) is 39.4 Å². The van der Waals surface area contributed by atoms with Crippen molar-refractivity contribution in [3.63, 3.8) is 0 Å². The van der Waals surface area contributed by atoms with Gasteiger partial charge < -0.3 is 0 Å². The number of fused-ring (bicyclic) bond motifs is 5. The van der Waals surface area contributed by atoms with Gasteiger partial charge in [0, 0.05) is 5.41 Å². The fraction of sp³-hybridized carbons (Fsp3) is 0.840. The zero-order chi connectivity index (χ0) is 18.1. The first-order valence-electron chi connectivity index (χ1n) is 11.1. The van der Waals surface area contributed by atoms with Gasteiger partial charge in [0.2, 0.25) is 0 Å². The molecule has 0 radical (unpaired) electrons. The monoisotopic (exact) mass is 340 g/mol. The summed E-state index contributed by atoms with van der Waals surface area (Å²) in [5.74, 6) is 2.72. The molecular weight excluding hydrogens is 300 g/mol. The lowest BCUT2D eigenvalue weighted by Crippen LogP contribution is -2.59. The van der Waals surface area contributed by atoms with Crippen LogP contribution in [-0.4, -0.2) is 0 Å². The summed E-state index contributed by atoms with van der Waals surface area (Å²) < 4.78 is 0. The van der Waals surface area contributed by atoms with Crippen molar-refractivity contribution in [1.29, 1.82) is 0 Å². The zero-order valence-corrected chi connectivity index (χ0v) is 17.3. The van der Waals surface area contributed by atoms with E-state index < -0.39 is 0 Å². The second-order valence-corrected chi connectivity index (χ2v) is 11.2. The molecule has 0 saturated heterocycles. The third-order valence-electron chi connectivity index (χ3n) is 10.1. The molecule has 0 heteroatoms. The standard InChI is InChI=1S/C25H40/c1-7-24-13-11-19-20(23(24,6)16-15-22(4,5)17-24)12-14-25(8-2)18(3)9-10-21(19)25/h8,19-21H,2-3,7,9-17H2,1,4-6H3. The topological polar surface area (TPSA) is 0 Å². The summed E-state index contributed by atoms with van der Waals surface area (Å²) in [6.45, 7) is 19.1. The van der Waals surface area contributed by atoms with Gasteiger partial charge in [0.05, 0.1) is 0 Å². The smallest absolute Gasteiger partial charge is 0.0117 e. The van der Waals surface area contributed by atoms with E-state index in [4.69, 9.17) is 0 Å². The molecule has 4 aliphatic carbocycles. The maximum Gasteiger partial charge on any atom is 0.0117 e. The molecule has 0 aromatic carbocycles. The van der Waals surface area contributed by atoms with Crippen LogP contribution in [0.5, 0.6) is 0 Å². The second kappa shape index (κ2) is 5.49. The summed E-state index contributed by atoms with van der Waals surface area (Å²) in [6.07, 6.45) is 16.4. The van der Waals surface area contributed by atoms with Crippen LogP contribution in [0.4, 0.5) is 0 Å². The molecule has 0 N–H and O–H groups in total. The molecular formula is C25H40. The van der Waals surface area contributed by atoms with E-state index in [-0.39, 0.29) is 5.41 Å². The maximum absolute atomic E-state index is 4.50. The van der Waals surface area contributed by atoms with Crippen LogP contribution in [0.15, 0.2) is 24.8 Å². The SMILES string of the molecule is C=CC12CCC3C(CCC4(CC)CC(C)(C)CCC34C)C1CCC2=C. The Kier molecular flexibility index (Phi) is 3.93. The highest BCUT2D eigenvalue weighted by Gasteiger charge is 2.64. The first kappa shape index (κ1) is 17.9. The van der Waals surface area contributed by atoms with Crippen LogP contribution in [-0.2, 0) is 0 Å². The Hall–Kier alpha value is -0.520. The predicted molar refractivity (Wildman–Crippen MR) is 108 cm³/mol. The van der Waals surface area contributed by atoms with Crippen LogP contribution in [0.25, 0.3) is 0 Å². The molecule has 0 aliphatic heterocycles. The summed E-state index contributed by atoms with van der Waals surface area (Å²) >= 11 is 0. The Balaban J connectivity index is 1.71. The Morgan fingerprint density at radius 3 is 2.44 bits per heavy atom. The van der Waals surface area contributed by atoms with Gasteiger partial charge in [-0.15, -0.1) is 6.58 Å². The fourth-order valence-electron chi connectivity index (χ4n) is 8.69. The minimum absolute atomic E-state index is 0.289. The summed E-state index contributed by atoms with van der Waals surface area (Å²) in [4.78, 5) is 0. The first-order valence-corrected chi connectivity index (χ1v) is 11.1. The Bertz CT molecular complexity index is 583. The molecule has 4 rings (SSSR count). The first-order chi connectivity index (χ1) is 11.7. The largest absolute Gasteiger partial charge is 0.102 e. The molecule has 0 amide bonds. The van der Waals surface area contributed by atoms with Gasteiger partial charge in [-0.2, -0.15) is 0 Å². The third kappa shape index (κ3) is 2.18. The molecule has 0 spiro atoms. The van der Waals surface area contributed by atoms with Gasteiger partial charge in [-0.3, -0.25) is 0 Å². The molecule has 0 aromatic heterocycles. The summed E-state index contributed by atoms with van der Waals surface area (Å²) in [5.41, 5.74) is 3.51. The van der Waals surface area contributed by atoms with E-state index in [0.717, 1.165) is 17.8 Å². The van der Waals surface area contributed by atoms with Crippen LogP contribution in [0.1, 0.15) is 91.9 Å². The molecule has 0 bridgehead atoms. The molecule has 140 valence electrons. The number of rotatable bonds is 2. The predicted octanol–water partition coefficient (Wildman–Crippen LogP) is 7.56. The van der Waals surface area contributed by atoms with Crippen LogP contribution < -0.4 is 0 Å². The summed E-state index contributed by atoms with van der Waals surface area (Å²) in [6, 6.07) is 0. The summed E-state index contributed by atoms with van der Waals surface area (Å²) in [7, 11) is 0. The average Bonchev–Trinajstić information content (AvgIpc) is 2.93. The van der Waals surface area contributed by atoms with Gasteiger partial charge in [-0.1, -0.05) is 45.9 Å². The van der Waals surface area contributed by atoms with Crippen molar-refractivity contribution >= 4 is 0 Å². The van der Waals surface area contributed by atoms with Crippen LogP contribution in [0.3, 0.4) is 0 Å². The normalized spacial score (nSPS) is 51.4. The molecule has 4 saturated carbocycles. The lowest BCUT2D eigenvalue weighted by Gasteiger charge is -2.67. The molecule has 6 atom stereocenters. The van der Waals surface area contributed by atoms with Crippen molar-refractivity contribution in [3.8, 4) is 0 Å². The van der Waals surface area contributed by atoms with Crippen molar-refractivity contribution in [2.24, 2.45) is 39.4 Å². The van der Waals surface area contributed by atoms with Gasteiger partial charge in [-0.05, 0) is 98.2 Å². The van der Waals surface area contributed by atoms with E-state index >= 15 is 0 Å². The lowest BCUT2D eigenvalue weighted by atomic mass is 9.37. The Labute approximate surface area is 156 Å². The van der Waals surface area contributed by atoms with E-state index in [1.807, 2.05) is 0 Å². The fourth-order valence-corrected chi connectivity index (χ4v) is 8.69. The van der Waals surface area contributed by atoms with Crippen molar-refractivity contribution in [3.05, 3.63) is 24.8 Å². The number of allylic oxidation sites excluding steroid dienone is 2. The van der Waals surface area contributed by atoms with Gasteiger partial charge in [0.15, 0.2) is 0 Å². The average molecular weight is 341 g/mol. The van der Waals surface area contributed by atoms with Crippen molar-refractivity contribution in [1.82, 2.24) is 0 Å². The Morgan fingerprint density at radius 1 is 1.00 bits per heavy atom. The molecule has 0 heterocycles. The minimum atomic E-state index is 0.289. The molecule has 4 fully saturated rings. The highest BCUT2D eigenvalue weighted by molar-refractivity contribution is 5.28. The summed E-state index contributed by atoms with van der Waals surface area (Å²) in [5, 5.41) is 0. The molecule has 4 aliphatic rings. The Morgan fingerprint density at radius 2 is 1.76 bits per heavy atom. The van der Waals surface area contributed by atoms with Gasteiger partial charge in [-0.25, -0.2) is 0 Å². The van der Waals surface area contributed by atoms with Crippen LogP contribution in [0.2, 0.25) is 0 Å². The van der Waals surface area contributed by atoms with Gasteiger partial charge in [0.1, 0.15) is 0 Å². The minimum Gasteiger partial charge on any atom is -0.102 e. The number of hydrogen-bond acceptors (Lipinski definition) is 0. The second-order valence-electron chi connectivity index (χ2n) is 11.2. The van der Waals surface area contributed by atoms with Crippen LogP contribution >= 0.6 is 0 Å². The molecule has 25 heavy (non-hydrogen) atoms. The van der Waals surface area contributed by atoms with Crippen molar-refractivity contribution in [2.75, 3.05) is 0 Å². The third-order valence-corrected chi connectivity index (χ3v) is 10.1. The van der Waals surface area contributed by atoms with Crippen molar-refractivity contribution < 1.29 is 0 Å². The highest BCUT2D eigenvalue weighted by Crippen LogP contribution is 2.73. The maximum atomic E-state index is 4.50. The van der Waals surface area contributed by atoms with E-state index in [1.54, 1.807) is 0 Å². The van der Waals surface area contributed by atoms with Gasteiger partial charge in [0.25, 0.3) is 0 Å². The molecule has 0 nitrogen and oxygen atoms in total. The van der Waals surface area contributed by atoms with E-state index in [9.17, 15) is 0 Å². The van der Waals surface area contributed by atoms with Gasteiger partial charge >= 0.3 is 0 Å². The quantitative estimate of drug-likeness (QED) is 0.455. The van der Waals surface area contributed by atoms with E-state index in [0.29, 0.717) is 16.2 Å². The lowest BCUT2D eigenvalue weighted by molar-refractivity contribution is -0.172. The van der Waals surface area contributed by atoms with E-state index in [1.165, 1.54) is 69.8 Å². The zero-order valence-electron chi connectivity index (χ0n) is 17.3. The molecule has 6 unspecified atom stereocenters. The highest BCUT2D eigenvalue weighted by atomic mass is 14.7. The van der Waals surface area contributed by atoms with Crippen molar-refractivity contribution in [2.45, 2.75) is 91.9 Å². The number of hydrogen-bond donors (Lipinski definition) is 0. The molecule has 0 aromatic rings. The van der Waals surface area contributed by atoms with E-state index in [2.05, 4.69) is 46.9 Å².